The molecule has 0 fully saturated rings. The van der Waals surface area contributed by atoms with Crippen LogP contribution in [0.15, 0.2) is 46.9 Å². The molecule has 0 radical (unpaired) electrons. The maximum absolute atomic E-state index is 10.9. The average Bonchev–Trinajstić information content (AvgIpc) is 3.43. The molecule has 2 aromatic heterocycles. The zero-order valence-corrected chi connectivity index (χ0v) is 18.2. The minimum absolute atomic E-state index is 0.00362. The predicted molar refractivity (Wildman–Crippen MR) is 123 cm³/mol. The molecule has 0 aliphatic carbocycles. The molecule has 0 saturated heterocycles. The number of rotatable bonds is 7. The van der Waals surface area contributed by atoms with Gasteiger partial charge in [0, 0.05) is 23.3 Å². The number of phenols is 1. The van der Waals surface area contributed by atoms with Crippen molar-refractivity contribution in [3.05, 3.63) is 68.2 Å². The Labute approximate surface area is 190 Å². The number of aromatic nitrogens is 3. The number of nitrogens with zero attached hydrogens (tertiary/aromatic N) is 4. The molecule has 0 bridgehead atoms. The number of nitro groups is 1. The van der Waals surface area contributed by atoms with Crippen molar-refractivity contribution in [2.24, 2.45) is 0 Å². The Morgan fingerprint density at radius 2 is 2.22 bits per heavy atom. The second-order valence-corrected chi connectivity index (χ2v) is 8.36. The van der Waals surface area contributed by atoms with Gasteiger partial charge in [-0.1, -0.05) is 17.8 Å². The molecule has 11 heteroatoms. The monoisotopic (exact) mass is 465 g/mol. The smallest absolute Gasteiger partial charge is 0.271 e. The number of H-pyrrole nitrogens is 1. The Hall–Kier alpha value is -3.88. The summed E-state index contributed by atoms with van der Waals surface area (Å²) in [6.07, 6.45) is 1.68. The summed E-state index contributed by atoms with van der Waals surface area (Å²) in [7, 11) is 1.46. The molecular formula is C21H15N5O4S2. The molecule has 9 nitrogen and oxygen atoms in total. The first kappa shape index (κ1) is 21.4. The van der Waals surface area contributed by atoms with Crippen LogP contribution in [0.25, 0.3) is 22.7 Å². The fourth-order valence-corrected chi connectivity index (χ4v) is 4.56. The minimum Gasteiger partial charge on any atom is -0.504 e. The van der Waals surface area contributed by atoms with Crippen molar-refractivity contribution in [2.45, 2.75) is 10.9 Å². The number of benzene rings is 2. The van der Waals surface area contributed by atoms with Gasteiger partial charge in [0.25, 0.3) is 5.69 Å². The number of phenolic OH excluding ortho intramolecular Hbond substituents is 1. The van der Waals surface area contributed by atoms with Crippen LogP contribution < -0.4 is 4.74 Å². The molecular weight excluding hydrogens is 450 g/mol. The van der Waals surface area contributed by atoms with Gasteiger partial charge < -0.3 is 14.8 Å². The highest BCUT2D eigenvalue weighted by Gasteiger charge is 2.12. The Balaban J connectivity index is 1.49. The van der Waals surface area contributed by atoms with Crippen LogP contribution in [0.5, 0.6) is 11.5 Å². The number of nitriles is 1. The Morgan fingerprint density at radius 1 is 1.38 bits per heavy atom. The van der Waals surface area contributed by atoms with Crippen LogP contribution in [-0.4, -0.2) is 32.1 Å². The van der Waals surface area contributed by atoms with Gasteiger partial charge in [0.2, 0.25) is 0 Å². The van der Waals surface area contributed by atoms with Crippen molar-refractivity contribution in [3.63, 3.8) is 0 Å². The van der Waals surface area contributed by atoms with E-state index in [4.69, 9.17) is 4.74 Å². The lowest BCUT2D eigenvalue weighted by Crippen LogP contribution is -1.87. The summed E-state index contributed by atoms with van der Waals surface area (Å²) >= 11 is 2.78. The van der Waals surface area contributed by atoms with E-state index in [1.54, 1.807) is 24.3 Å². The van der Waals surface area contributed by atoms with E-state index in [-0.39, 0.29) is 11.4 Å². The summed E-state index contributed by atoms with van der Waals surface area (Å²) < 4.78 is 5.10. The van der Waals surface area contributed by atoms with E-state index in [2.05, 4.69) is 21.0 Å². The van der Waals surface area contributed by atoms with Gasteiger partial charge in [0.1, 0.15) is 11.1 Å². The van der Waals surface area contributed by atoms with Crippen molar-refractivity contribution in [2.75, 3.05) is 7.11 Å². The quantitative estimate of drug-likeness (QED) is 0.168. The van der Waals surface area contributed by atoms with Gasteiger partial charge >= 0.3 is 0 Å². The summed E-state index contributed by atoms with van der Waals surface area (Å²) in [5.74, 6) is 0.866. The lowest BCUT2D eigenvalue weighted by molar-refractivity contribution is -0.384. The molecule has 32 heavy (non-hydrogen) atoms. The van der Waals surface area contributed by atoms with E-state index >= 15 is 0 Å². The van der Waals surface area contributed by atoms with Crippen molar-refractivity contribution >= 4 is 51.5 Å². The molecule has 0 unspecified atom stereocenters. The van der Waals surface area contributed by atoms with Gasteiger partial charge in [-0.15, -0.1) is 11.3 Å². The number of fused-ring (bicyclic) bond motifs is 1. The maximum atomic E-state index is 10.9. The number of thiazole rings is 1. The Morgan fingerprint density at radius 3 is 2.97 bits per heavy atom. The van der Waals surface area contributed by atoms with Crippen LogP contribution >= 0.6 is 23.1 Å². The SMILES string of the molecule is COc1cc(/C=C(\C#N)c2nc(CSc3nc4ccc([N+](=O)[O-])cc4[nH]3)cs2)ccc1O. The molecule has 0 spiro atoms. The van der Waals surface area contributed by atoms with Crippen LogP contribution in [-0.2, 0) is 5.75 Å². The number of non-ortho nitro benzene ring substituents is 1. The van der Waals surface area contributed by atoms with Crippen LogP contribution in [0.1, 0.15) is 16.3 Å². The lowest BCUT2D eigenvalue weighted by atomic mass is 10.1. The highest BCUT2D eigenvalue weighted by atomic mass is 32.2. The molecule has 0 amide bonds. The first-order valence-corrected chi connectivity index (χ1v) is 11.0. The minimum atomic E-state index is -0.446. The third-order valence-electron chi connectivity index (χ3n) is 4.43. The molecule has 4 aromatic rings. The molecule has 2 aromatic carbocycles. The summed E-state index contributed by atoms with van der Waals surface area (Å²) in [5.41, 5.74) is 3.14. The molecule has 0 aliphatic heterocycles. The first-order valence-electron chi connectivity index (χ1n) is 9.17. The number of thioether (sulfide) groups is 1. The van der Waals surface area contributed by atoms with Gasteiger partial charge in [0.05, 0.1) is 34.3 Å². The third-order valence-corrected chi connectivity index (χ3v) is 6.26. The zero-order valence-electron chi connectivity index (χ0n) is 16.6. The van der Waals surface area contributed by atoms with Gasteiger partial charge in [0.15, 0.2) is 16.7 Å². The topological polar surface area (TPSA) is 138 Å². The number of aromatic amines is 1. The molecule has 160 valence electrons. The van der Waals surface area contributed by atoms with E-state index in [0.717, 1.165) is 5.69 Å². The van der Waals surface area contributed by atoms with Crippen LogP contribution in [0.2, 0.25) is 0 Å². The summed E-state index contributed by atoms with van der Waals surface area (Å²) in [6.45, 7) is 0. The van der Waals surface area contributed by atoms with E-state index in [0.29, 0.717) is 43.8 Å². The second kappa shape index (κ2) is 9.09. The summed E-state index contributed by atoms with van der Waals surface area (Å²) in [6, 6.07) is 11.5. The number of nitrogens with one attached hydrogen (secondary N) is 1. The predicted octanol–water partition coefficient (Wildman–Crippen LogP) is 5.00. The number of allylic oxidation sites excluding steroid dienone is 1. The van der Waals surface area contributed by atoms with Crippen molar-refractivity contribution < 1.29 is 14.8 Å². The van der Waals surface area contributed by atoms with Gasteiger partial charge in [-0.2, -0.15) is 5.26 Å². The highest BCUT2D eigenvalue weighted by Crippen LogP contribution is 2.30. The molecule has 2 heterocycles. The Bertz CT molecular complexity index is 1390. The van der Waals surface area contributed by atoms with Crippen LogP contribution in [0.3, 0.4) is 0 Å². The number of imidazole rings is 1. The summed E-state index contributed by atoms with van der Waals surface area (Å²) in [4.78, 5) is 22.5. The number of hydrogen-bond donors (Lipinski definition) is 2. The number of nitro benzene ring substituents is 1. The fourth-order valence-electron chi connectivity index (χ4n) is 2.89. The third kappa shape index (κ3) is 4.56. The molecule has 4 rings (SSSR count). The van der Waals surface area contributed by atoms with Gasteiger partial charge in [-0.25, -0.2) is 9.97 Å². The van der Waals surface area contributed by atoms with Gasteiger partial charge in [-0.3, -0.25) is 10.1 Å². The van der Waals surface area contributed by atoms with Crippen LogP contribution in [0, 0.1) is 21.4 Å². The van der Waals surface area contributed by atoms with E-state index in [1.807, 2.05) is 5.38 Å². The largest absolute Gasteiger partial charge is 0.504 e. The Kier molecular flexibility index (Phi) is 6.07. The van der Waals surface area contributed by atoms with Crippen molar-refractivity contribution in [1.82, 2.24) is 15.0 Å². The van der Waals surface area contributed by atoms with E-state index in [9.17, 15) is 20.5 Å². The first-order chi connectivity index (χ1) is 15.5. The van der Waals surface area contributed by atoms with Crippen molar-refractivity contribution in [1.29, 1.82) is 5.26 Å². The lowest BCUT2D eigenvalue weighted by Gasteiger charge is -2.04. The van der Waals surface area contributed by atoms with Crippen molar-refractivity contribution in [3.8, 4) is 17.6 Å². The molecule has 0 aliphatic rings. The van der Waals surface area contributed by atoms with E-state index in [1.165, 1.54) is 48.4 Å². The number of aromatic hydroxyl groups is 1. The van der Waals surface area contributed by atoms with E-state index < -0.39 is 4.92 Å². The average molecular weight is 466 g/mol. The normalized spacial score (nSPS) is 11.4. The summed E-state index contributed by atoms with van der Waals surface area (Å²) in [5, 5.41) is 33.3. The molecule has 2 N–H and O–H groups in total. The molecule has 0 saturated carbocycles. The standard InChI is InChI=1S/C21H15N5O4S2/c1-30-19-7-12(2-5-18(19)27)6-13(9-22)20-23-14(10-31-20)11-32-21-24-16-4-3-15(26(28)29)8-17(16)25-21/h2-8,10,27H,11H2,1H3,(H,24,25)/b13-6+. The highest BCUT2D eigenvalue weighted by molar-refractivity contribution is 7.98. The zero-order chi connectivity index (χ0) is 22.7. The number of hydrogen-bond acceptors (Lipinski definition) is 9. The number of ether oxygens (including phenoxy) is 1. The molecule has 0 atom stereocenters. The number of methoxy groups -OCH3 is 1. The second-order valence-electron chi connectivity index (χ2n) is 6.53. The van der Waals surface area contributed by atoms with Gasteiger partial charge in [-0.05, 0) is 29.8 Å². The van der Waals surface area contributed by atoms with Crippen LogP contribution in [0.4, 0.5) is 5.69 Å². The maximum Gasteiger partial charge on any atom is 0.271 e. The fraction of sp³-hybridized carbons (Fsp3) is 0.0952.